The van der Waals surface area contributed by atoms with Gasteiger partial charge >= 0.3 is 0 Å². The Labute approximate surface area is 158 Å². The monoisotopic (exact) mass is 377 g/mol. The maximum Gasteiger partial charge on any atom is 0.282 e. The summed E-state index contributed by atoms with van der Waals surface area (Å²) in [6.45, 7) is 1.87. The fourth-order valence-corrected chi connectivity index (χ4v) is 3.17. The van der Waals surface area contributed by atoms with Crippen molar-refractivity contribution in [2.75, 3.05) is 0 Å². The molecule has 0 amide bonds. The van der Waals surface area contributed by atoms with Crippen molar-refractivity contribution in [3.05, 3.63) is 101 Å². The Morgan fingerprint density at radius 1 is 0.926 bits per heavy atom. The molecule has 0 aliphatic rings. The topological polar surface area (TPSA) is 46.5 Å². The van der Waals surface area contributed by atoms with E-state index in [1.165, 1.54) is 30.3 Å². The van der Waals surface area contributed by atoms with E-state index < -0.39 is 15.8 Å². The second-order valence-corrected chi connectivity index (χ2v) is 7.50. The van der Waals surface area contributed by atoms with Gasteiger partial charge in [0, 0.05) is 22.9 Å². The summed E-state index contributed by atoms with van der Waals surface area (Å²) in [5.74, 6) is 5.42. The molecule has 0 fully saturated rings. The molecule has 0 unspecified atom stereocenters. The highest BCUT2D eigenvalue weighted by Crippen LogP contribution is 2.15. The summed E-state index contributed by atoms with van der Waals surface area (Å²) in [7, 11) is -3.87. The minimum Gasteiger partial charge on any atom is -0.207 e. The van der Waals surface area contributed by atoms with Crippen LogP contribution in [0.3, 0.4) is 0 Å². The lowest BCUT2D eigenvalue weighted by molar-refractivity contribution is 0.598. The Morgan fingerprint density at radius 2 is 1.63 bits per heavy atom. The maximum absolute atomic E-state index is 13.6. The number of sulfonamides is 1. The summed E-state index contributed by atoms with van der Waals surface area (Å²) in [5, 5.41) is 0. The van der Waals surface area contributed by atoms with Crippen LogP contribution in [0.15, 0.2) is 82.1 Å². The lowest BCUT2D eigenvalue weighted by atomic mass is 10.1. The third kappa shape index (κ3) is 4.90. The van der Waals surface area contributed by atoms with E-state index in [9.17, 15) is 12.8 Å². The molecule has 0 radical (unpaired) electrons. The van der Waals surface area contributed by atoms with Crippen molar-refractivity contribution < 1.29 is 12.8 Å². The molecule has 5 heteroatoms. The van der Waals surface area contributed by atoms with Gasteiger partial charge < -0.3 is 0 Å². The SMILES string of the molecule is Cc1ccc(S(=O)(=O)/N=C/c2cc(F)ccc2C#Cc2ccccc2)cc1. The quantitative estimate of drug-likeness (QED) is 0.503. The number of halogens is 1. The first-order chi connectivity index (χ1) is 12.9. The van der Waals surface area contributed by atoms with E-state index in [-0.39, 0.29) is 4.90 Å². The van der Waals surface area contributed by atoms with Gasteiger partial charge in [-0.3, -0.25) is 0 Å². The number of hydrogen-bond donors (Lipinski definition) is 0. The molecule has 3 rings (SSSR count). The van der Waals surface area contributed by atoms with Crippen LogP contribution in [0.1, 0.15) is 22.3 Å². The van der Waals surface area contributed by atoms with Crippen LogP contribution < -0.4 is 0 Å². The second kappa shape index (κ2) is 7.98. The first-order valence-corrected chi connectivity index (χ1v) is 9.62. The van der Waals surface area contributed by atoms with Gasteiger partial charge in [-0.2, -0.15) is 12.8 Å². The van der Waals surface area contributed by atoms with Gasteiger partial charge in [-0.25, -0.2) is 4.39 Å². The molecule has 0 heterocycles. The molecule has 0 bridgehead atoms. The van der Waals surface area contributed by atoms with E-state index in [4.69, 9.17) is 0 Å². The Hall–Kier alpha value is -3.23. The molecule has 0 spiro atoms. The minimum atomic E-state index is -3.87. The Bertz CT molecular complexity index is 1140. The highest BCUT2D eigenvalue weighted by atomic mass is 32.2. The minimum absolute atomic E-state index is 0.0812. The van der Waals surface area contributed by atoms with E-state index in [2.05, 4.69) is 16.2 Å². The molecule has 0 aromatic heterocycles. The molecule has 27 heavy (non-hydrogen) atoms. The molecular weight excluding hydrogens is 361 g/mol. The van der Waals surface area contributed by atoms with Gasteiger partial charge in [-0.05, 0) is 49.4 Å². The van der Waals surface area contributed by atoms with E-state index in [1.807, 2.05) is 37.3 Å². The second-order valence-electron chi connectivity index (χ2n) is 5.87. The first-order valence-electron chi connectivity index (χ1n) is 8.18. The van der Waals surface area contributed by atoms with E-state index >= 15 is 0 Å². The van der Waals surface area contributed by atoms with Crippen molar-refractivity contribution in [2.24, 2.45) is 4.40 Å². The summed E-state index contributed by atoms with van der Waals surface area (Å²) in [6.07, 6.45) is 1.13. The molecule has 0 aliphatic carbocycles. The van der Waals surface area contributed by atoms with Crippen molar-refractivity contribution in [1.82, 2.24) is 0 Å². The molecule has 3 nitrogen and oxygen atoms in total. The largest absolute Gasteiger partial charge is 0.282 e. The van der Waals surface area contributed by atoms with Crippen molar-refractivity contribution in [1.29, 1.82) is 0 Å². The summed E-state index contributed by atoms with van der Waals surface area (Å²) in [6, 6.07) is 19.7. The van der Waals surface area contributed by atoms with Crippen LogP contribution in [-0.4, -0.2) is 14.6 Å². The van der Waals surface area contributed by atoms with Gasteiger partial charge in [0.1, 0.15) is 5.82 Å². The lowest BCUT2D eigenvalue weighted by Gasteiger charge is -2.01. The molecule has 3 aromatic carbocycles. The summed E-state index contributed by atoms with van der Waals surface area (Å²) >= 11 is 0. The van der Waals surface area contributed by atoms with Crippen LogP contribution in [0.25, 0.3) is 0 Å². The average Bonchev–Trinajstić information content (AvgIpc) is 2.67. The van der Waals surface area contributed by atoms with Gasteiger partial charge in [-0.15, -0.1) is 0 Å². The van der Waals surface area contributed by atoms with Crippen LogP contribution in [0.4, 0.5) is 4.39 Å². The molecule has 0 atom stereocenters. The van der Waals surface area contributed by atoms with Crippen molar-refractivity contribution in [3.63, 3.8) is 0 Å². The zero-order valence-electron chi connectivity index (χ0n) is 14.6. The predicted octanol–water partition coefficient (Wildman–Crippen LogP) is 4.34. The fraction of sp³-hybridized carbons (Fsp3) is 0.0455. The van der Waals surface area contributed by atoms with Crippen molar-refractivity contribution in [3.8, 4) is 11.8 Å². The number of rotatable bonds is 3. The fourth-order valence-electron chi connectivity index (χ4n) is 2.31. The van der Waals surface area contributed by atoms with Crippen LogP contribution >= 0.6 is 0 Å². The predicted molar refractivity (Wildman–Crippen MR) is 105 cm³/mol. The van der Waals surface area contributed by atoms with Gasteiger partial charge in [-0.1, -0.05) is 47.7 Å². The Balaban J connectivity index is 1.95. The van der Waals surface area contributed by atoms with Crippen LogP contribution in [-0.2, 0) is 10.0 Å². The Kier molecular flexibility index (Phi) is 5.49. The maximum atomic E-state index is 13.6. The number of hydrogen-bond acceptors (Lipinski definition) is 2. The zero-order valence-corrected chi connectivity index (χ0v) is 15.4. The molecule has 3 aromatic rings. The highest BCUT2D eigenvalue weighted by Gasteiger charge is 2.11. The molecule has 134 valence electrons. The van der Waals surface area contributed by atoms with E-state index in [1.54, 1.807) is 12.1 Å². The van der Waals surface area contributed by atoms with Crippen LogP contribution in [0.5, 0.6) is 0 Å². The van der Waals surface area contributed by atoms with Gasteiger partial charge in [0.2, 0.25) is 0 Å². The third-order valence-corrected chi connectivity index (χ3v) is 5.03. The normalized spacial score (nSPS) is 11.2. The molecule has 0 aliphatic heterocycles. The number of nitrogens with zero attached hydrogens (tertiary/aromatic N) is 1. The highest BCUT2D eigenvalue weighted by molar-refractivity contribution is 7.90. The molecule has 0 N–H and O–H groups in total. The zero-order chi connectivity index (χ0) is 19.3. The van der Waals surface area contributed by atoms with E-state index in [0.717, 1.165) is 17.3 Å². The molecule has 0 saturated carbocycles. The van der Waals surface area contributed by atoms with Gasteiger partial charge in [0.15, 0.2) is 0 Å². The Morgan fingerprint density at radius 3 is 2.33 bits per heavy atom. The average molecular weight is 377 g/mol. The third-order valence-electron chi connectivity index (χ3n) is 3.78. The van der Waals surface area contributed by atoms with Gasteiger partial charge in [0.25, 0.3) is 10.0 Å². The lowest BCUT2D eigenvalue weighted by Crippen LogP contribution is -1.99. The number of benzene rings is 3. The summed E-state index contributed by atoms with van der Waals surface area (Å²) in [5.41, 5.74) is 2.54. The van der Waals surface area contributed by atoms with Crippen LogP contribution in [0.2, 0.25) is 0 Å². The van der Waals surface area contributed by atoms with Crippen molar-refractivity contribution in [2.45, 2.75) is 11.8 Å². The van der Waals surface area contributed by atoms with Crippen molar-refractivity contribution >= 4 is 16.2 Å². The number of aryl methyl sites for hydroxylation is 1. The van der Waals surface area contributed by atoms with Gasteiger partial charge in [0.05, 0.1) is 4.90 Å². The molecular formula is C22H16FNO2S. The smallest absolute Gasteiger partial charge is 0.207 e. The summed E-state index contributed by atoms with van der Waals surface area (Å²) < 4.78 is 42.1. The first kappa shape index (κ1) is 18.6. The van der Waals surface area contributed by atoms with E-state index in [0.29, 0.717) is 11.1 Å². The standard InChI is InChI=1S/C22H16FNO2S/c1-17-7-13-22(14-8-17)27(25,26)24-16-20-15-21(23)12-11-19(20)10-9-18-5-3-2-4-6-18/h2-8,11-16H,1H3/b24-16+. The van der Waals surface area contributed by atoms with Crippen LogP contribution in [0, 0.1) is 24.6 Å². The summed E-state index contributed by atoms with van der Waals surface area (Å²) in [4.78, 5) is 0.0812. The molecule has 0 saturated heterocycles.